The van der Waals surface area contributed by atoms with Gasteiger partial charge in [-0.25, -0.2) is 0 Å². The second-order valence-electron chi connectivity index (χ2n) is 3.17. The van der Waals surface area contributed by atoms with Crippen molar-refractivity contribution in [3.63, 3.8) is 0 Å². The van der Waals surface area contributed by atoms with Crippen LogP contribution >= 0.6 is 0 Å². The highest BCUT2D eigenvalue weighted by Gasteiger charge is 2.05. The van der Waals surface area contributed by atoms with Crippen molar-refractivity contribution in [3.05, 3.63) is 29.8 Å². The van der Waals surface area contributed by atoms with E-state index >= 15 is 0 Å². The highest BCUT2D eigenvalue weighted by atomic mass is 16.5. The Morgan fingerprint density at radius 2 is 2.08 bits per heavy atom. The fourth-order valence-electron chi connectivity index (χ4n) is 1.20. The summed E-state index contributed by atoms with van der Waals surface area (Å²) in [5, 5.41) is 0. The molecule has 0 bridgehead atoms. The summed E-state index contributed by atoms with van der Waals surface area (Å²) in [4.78, 5) is 0. The molecule has 0 saturated carbocycles. The summed E-state index contributed by atoms with van der Waals surface area (Å²) in [6.07, 6.45) is 1.02. The molecule has 0 amide bonds. The minimum absolute atomic E-state index is 0.0352. The Morgan fingerprint density at radius 1 is 1.38 bits per heavy atom. The molecule has 72 valence electrons. The van der Waals surface area contributed by atoms with Gasteiger partial charge in [0.1, 0.15) is 5.75 Å². The minimum atomic E-state index is 0.0352. The molecule has 1 aromatic rings. The molecule has 0 aliphatic rings. The van der Waals surface area contributed by atoms with Crippen LogP contribution in [-0.2, 0) is 0 Å². The van der Waals surface area contributed by atoms with Gasteiger partial charge in [0.2, 0.25) is 0 Å². The van der Waals surface area contributed by atoms with Crippen LogP contribution in [0.2, 0.25) is 0 Å². The number of rotatable bonds is 4. The Hall–Kier alpha value is -1.02. The molecule has 0 spiro atoms. The van der Waals surface area contributed by atoms with E-state index in [1.807, 2.05) is 31.2 Å². The van der Waals surface area contributed by atoms with Crippen molar-refractivity contribution in [2.45, 2.75) is 26.3 Å². The van der Waals surface area contributed by atoms with Crippen LogP contribution in [0.5, 0.6) is 5.75 Å². The molecule has 13 heavy (non-hydrogen) atoms. The molecule has 0 aliphatic heterocycles. The van der Waals surface area contributed by atoms with Crippen molar-refractivity contribution >= 4 is 0 Å². The van der Waals surface area contributed by atoms with Crippen LogP contribution in [0.15, 0.2) is 24.3 Å². The van der Waals surface area contributed by atoms with Gasteiger partial charge >= 0.3 is 0 Å². The third kappa shape index (κ3) is 2.74. The normalized spacial score (nSPS) is 12.5. The Kier molecular flexibility index (Phi) is 3.77. The number of hydrogen-bond donors (Lipinski definition) is 1. The summed E-state index contributed by atoms with van der Waals surface area (Å²) in [7, 11) is 0. The molecule has 1 aromatic carbocycles. The quantitative estimate of drug-likeness (QED) is 0.770. The van der Waals surface area contributed by atoms with Gasteiger partial charge in [0.15, 0.2) is 0 Å². The van der Waals surface area contributed by atoms with E-state index in [9.17, 15) is 0 Å². The van der Waals surface area contributed by atoms with Crippen LogP contribution in [0.3, 0.4) is 0 Å². The topological polar surface area (TPSA) is 35.2 Å². The zero-order valence-electron chi connectivity index (χ0n) is 8.29. The van der Waals surface area contributed by atoms with Crippen molar-refractivity contribution in [2.24, 2.45) is 5.73 Å². The summed E-state index contributed by atoms with van der Waals surface area (Å²) in [6.45, 7) is 4.81. The lowest BCUT2D eigenvalue weighted by atomic mass is 10.1. The van der Waals surface area contributed by atoms with Gasteiger partial charge in [-0.3, -0.25) is 0 Å². The number of hydrogen-bond acceptors (Lipinski definition) is 2. The zero-order chi connectivity index (χ0) is 9.68. The van der Waals surface area contributed by atoms with Crippen molar-refractivity contribution in [1.82, 2.24) is 0 Å². The first-order chi connectivity index (χ1) is 6.25. The molecule has 2 nitrogen and oxygen atoms in total. The molecule has 0 fully saturated rings. The number of ether oxygens (including phenoxy) is 1. The van der Waals surface area contributed by atoms with Gasteiger partial charge in [-0.15, -0.1) is 0 Å². The molecule has 0 saturated heterocycles. The number of benzene rings is 1. The Balaban J connectivity index is 2.78. The Labute approximate surface area is 79.7 Å². The van der Waals surface area contributed by atoms with Crippen molar-refractivity contribution in [1.29, 1.82) is 0 Å². The van der Waals surface area contributed by atoms with Crippen LogP contribution in [-0.4, -0.2) is 6.61 Å². The Bertz CT molecular complexity index is 258. The van der Waals surface area contributed by atoms with Crippen LogP contribution in [0.4, 0.5) is 0 Å². The Morgan fingerprint density at radius 3 is 2.69 bits per heavy atom. The fraction of sp³-hybridized carbons (Fsp3) is 0.455. The lowest BCUT2D eigenvalue weighted by Crippen LogP contribution is -2.08. The van der Waals surface area contributed by atoms with Crippen molar-refractivity contribution in [3.8, 4) is 5.75 Å². The summed E-state index contributed by atoms with van der Waals surface area (Å²) >= 11 is 0. The van der Waals surface area contributed by atoms with E-state index < -0.39 is 0 Å². The highest BCUT2D eigenvalue weighted by Crippen LogP contribution is 2.22. The van der Waals surface area contributed by atoms with E-state index in [4.69, 9.17) is 10.5 Å². The molecular weight excluding hydrogens is 162 g/mol. The fourth-order valence-corrected chi connectivity index (χ4v) is 1.20. The summed E-state index contributed by atoms with van der Waals surface area (Å²) in [5.74, 6) is 0.916. The number of nitrogens with two attached hydrogens (primary N) is 1. The maximum absolute atomic E-state index is 5.81. The molecule has 0 aromatic heterocycles. The van der Waals surface area contributed by atoms with E-state index in [-0.39, 0.29) is 6.04 Å². The van der Waals surface area contributed by atoms with Crippen LogP contribution in [0.25, 0.3) is 0 Å². The van der Waals surface area contributed by atoms with E-state index in [2.05, 4.69) is 6.92 Å². The first-order valence-electron chi connectivity index (χ1n) is 4.73. The smallest absolute Gasteiger partial charge is 0.124 e. The molecule has 1 atom stereocenters. The molecule has 0 unspecified atom stereocenters. The van der Waals surface area contributed by atoms with Gasteiger partial charge in [-0.2, -0.15) is 0 Å². The van der Waals surface area contributed by atoms with Gasteiger partial charge in [0.05, 0.1) is 6.61 Å². The van der Waals surface area contributed by atoms with Crippen LogP contribution < -0.4 is 10.5 Å². The highest BCUT2D eigenvalue weighted by molar-refractivity contribution is 5.35. The van der Waals surface area contributed by atoms with Crippen molar-refractivity contribution in [2.75, 3.05) is 6.61 Å². The second kappa shape index (κ2) is 4.87. The lowest BCUT2D eigenvalue weighted by molar-refractivity contribution is 0.312. The second-order valence-corrected chi connectivity index (χ2v) is 3.17. The maximum atomic E-state index is 5.81. The molecule has 0 heterocycles. The van der Waals surface area contributed by atoms with E-state index in [0.29, 0.717) is 0 Å². The third-order valence-electron chi connectivity index (χ3n) is 1.87. The van der Waals surface area contributed by atoms with Gasteiger partial charge in [-0.05, 0) is 19.4 Å². The number of para-hydroxylation sites is 1. The largest absolute Gasteiger partial charge is 0.493 e. The van der Waals surface area contributed by atoms with Gasteiger partial charge < -0.3 is 10.5 Å². The average Bonchev–Trinajstić information content (AvgIpc) is 2.15. The zero-order valence-corrected chi connectivity index (χ0v) is 8.29. The van der Waals surface area contributed by atoms with Gasteiger partial charge in [-0.1, -0.05) is 25.1 Å². The van der Waals surface area contributed by atoms with Gasteiger partial charge in [0.25, 0.3) is 0 Å². The van der Waals surface area contributed by atoms with Crippen LogP contribution in [0, 0.1) is 0 Å². The molecule has 1 rings (SSSR count). The summed E-state index contributed by atoms with van der Waals surface area (Å²) < 4.78 is 5.57. The minimum Gasteiger partial charge on any atom is -0.493 e. The molecular formula is C11H17NO. The third-order valence-corrected chi connectivity index (χ3v) is 1.87. The molecule has 2 N–H and O–H groups in total. The first-order valence-corrected chi connectivity index (χ1v) is 4.73. The summed E-state index contributed by atoms with van der Waals surface area (Å²) in [6, 6.07) is 7.96. The summed E-state index contributed by atoms with van der Waals surface area (Å²) in [5.41, 5.74) is 6.89. The lowest BCUT2D eigenvalue weighted by Gasteiger charge is -2.12. The monoisotopic (exact) mass is 179 g/mol. The van der Waals surface area contributed by atoms with E-state index in [1.165, 1.54) is 0 Å². The van der Waals surface area contributed by atoms with E-state index in [0.717, 1.165) is 24.3 Å². The van der Waals surface area contributed by atoms with E-state index in [1.54, 1.807) is 0 Å². The average molecular weight is 179 g/mol. The van der Waals surface area contributed by atoms with Crippen LogP contribution in [0.1, 0.15) is 31.9 Å². The predicted molar refractivity (Wildman–Crippen MR) is 54.8 cm³/mol. The predicted octanol–water partition coefficient (Wildman–Crippen LogP) is 2.50. The maximum Gasteiger partial charge on any atom is 0.124 e. The first kappa shape index (κ1) is 10.1. The molecule has 0 aliphatic carbocycles. The molecule has 0 radical (unpaired) electrons. The van der Waals surface area contributed by atoms with Gasteiger partial charge in [0, 0.05) is 11.6 Å². The van der Waals surface area contributed by atoms with Crippen molar-refractivity contribution < 1.29 is 4.74 Å². The SMILES string of the molecule is CCCOc1ccccc1[C@@H](C)N. The molecule has 2 heteroatoms. The standard InChI is InChI=1S/C11H17NO/c1-3-8-13-11-7-5-4-6-10(11)9(2)12/h4-7,9H,3,8,12H2,1-2H3/t9-/m1/s1.